The first-order valence-corrected chi connectivity index (χ1v) is 8.60. The van der Waals surface area contributed by atoms with Crippen molar-refractivity contribution in [2.24, 2.45) is 5.41 Å². The van der Waals surface area contributed by atoms with Crippen LogP contribution < -0.4 is 0 Å². The van der Waals surface area contributed by atoms with Crippen molar-refractivity contribution in [2.45, 2.75) is 39.5 Å². The van der Waals surface area contributed by atoms with Crippen LogP contribution in [0, 0.1) is 5.41 Å². The fourth-order valence-electron chi connectivity index (χ4n) is 1.95. The fourth-order valence-corrected chi connectivity index (χ4v) is 2.59. The molecule has 0 aromatic heterocycles. The van der Waals surface area contributed by atoms with Gasteiger partial charge in [-0.3, -0.25) is 4.55 Å². The summed E-state index contributed by atoms with van der Waals surface area (Å²) in [6, 6.07) is 5.80. The van der Waals surface area contributed by atoms with E-state index < -0.39 is 34.1 Å². The largest absolute Gasteiger partial charge is 0.448 e. The molecule has 0 saturated heterocycles. The van der Waals surface area contributed by atoms with E-state index in [0.717, 1.165) is 5.56 Å². The van der Waals surface area contributed by atoms with Crippen molar-refractivity contribution in [1.82, 2.24) is 0 Å². The second-order valence-corrected chi connectivity index (χ2v) is 8.12. The van der Waals surface area contributed by atoms with Crippen LogP contribution in [0.3, 0.4) is 0 Å². The Labute approximate surface area is 138 Å². The van der Waals surface area contributed by atoms with Gasteiger partial charge in [0.05, 0.1) is 5.56 Å². The molecule has 1 aromatic carbocycles. The van der Waals surface area contributed by atoms with Gasteiger partial charge < -0.3 is 4.74 Å². The number of rotatable bonds is 5. The van der Waals surface area contributed by atoms with Crippen LogP contribution in [0.15, 0.2) is 24.3 Å². The van der Waals surface area contributed by atoms with Crippen LogP contribution in [0.5, 0.6) is 0 Å². The molecule has 0 amide bonds. The summed E-state index contributed by atoms with van der Waals surface area (Å²) in [6.45, 7) is 6.04. The van der Waals surface area contributed by atoms with E-state index in [1.54, 1.807) is 12.1 Å². The minimum atomic E-state index is -5.11. The van der Waals surface area contributed by atoms with Crippen molar-refractivity contribution in [3.8, 4) is 0 Å². The van der Waals surface area contributed by atoms with Crippen molar-refractivity contribution in [2.75, 3.05) is 5.75 Å². The molecule has 1 atom stereocenters. The van der Waals surface area contributed by atoms with Gasteiger partial charge in [-0.25, -0.2) is 4.79 Å². The Morgan fingerprint density at radius 1 is 1.17 bits per heavy atom. The maximum absolute atomic E-state index is 12.7. The van der Waals surface area contributed by atoms with Crippen LogP contribution in [0.1, 0.15) is 36.7 Å². The molecule has 0 heterocycles. The Morgan fingerprint density at radius 2 is 1.67 bits per heavy atom. The highest BCUT2D eigenvalue weighted by atomic mass is 32.2. The molecule has 0 spiro atoms. The Hall–Kier alpha value is -1.61. The zero-order valence-corrected chi connectivity index (χ0v) is 14.2. The van der Waals surface area contributed by atoms with Crippen molar-refractivity contribution in [3.63, 3.8) is 0 Å². The lowest BCUT2D eigenvalue weighted by molar-refractivity contribution is -0.197. The first-order chi connectivity index (χ1) is 10.7. The standard InChI is InChI=1S/C15H19F3O5S/c1-14(2,3)8-10-4-6-11(7-5-10)13(19)23-12(15(16,17)18)9-24(20,21)22/h4-7,12H,8-9H2,1-3H3,(H,20,21,22). The number of alkyl halides is 3. The number of carbonyl (C=O) groups excluding carboxylic acids is 1. The lowest BCUT2D eigenvalue weighted by Gasteiger charge is -2.20. The normalized spacial score (nSPS) is 14.3. The maximum Gasteiger partial charge on any atom is 0.426 e. The van der Waals surface area contributed by atoms with E-state index in [9.17, 15) is 26.4 Å². The topological polar surface area (TPSA) is 80.7 Å². The van der Waals surface area contributed by atoms with Crippen molar-refractivity contribution in [1.29, 1.82) is 0 Å². The molecule has 136 valence electrons. The third-order valence-corrected chi connectivity index (χ3v) is 3.62. The number of hydrogen-bond donors (Lipinski definition) is 1. The third kappa shape index (κ3) is 7.31. The quantitative estimate of drug-likeness (QED) is 0.637. The Balaban J connectivity index is 2.88. The van der Waals surface area contributed by atoms with Crippen molar-refractivity contribution in [3.05, 3.63) is 35.4 Å². The van der Waals surface area contributed by atoms with E-state index in [2.05, 4.69) is 4.74 Å². The number of ether oxygens (including phenoxy) is 1. The molecule has 0 saturated carbocycles. The Kier molecular flexibility index (Phi) is 6.05. The summed E-state index contributed by atoms with van der Waals surface area (Å²) in [6.07, 6.45) is -7.34. The smallest absolute Gasteiger partial charge is 0.426 e. The second-order valence-electron chi connectivity index (χ2n) is 6.62. The predicted molar refractivity (Wildman–Crippen MR) is 81.3 cm³/mol. The first-order valence-electron chi connectivity index (χ1n) is 6.99. The molecule has 5 nitrogen and oxygen atoms in total. The number of esters is 1. The summed E-state index contributed by atoms with van der Waals surface area (Å²) in [5.41, 5.74) is 0.750. The van der Waals surface area contributed by atoms with E-state index in [0.29, 0.717) is 6.42 Å². The van der Waals surface area contributed by atoms with Gasteiger partial charge in [0.2, 0.25) is 6.10 Å². The van der Waals surface area contributed by atoms with E-state index in [-0.39, 0.29) is 11.0 Å². The van der Waals surface area contributed by atoms with Crippen LogP contribution in [0.4, 0.5) is 13.2 Å². The Morgan fingerprint density at radius 3 is 2.04 bits per heavy atom. The number of hydrogen-bond acceptors (Lipinski definition) is 4. The average molecular weight is 368 g/mol. The summed E-state index contributed by atoms with van der Waals surface area (Å²) in [7, 11) is -4.96. The van der Waals surface area contributed by atoms with E-state index >= 15 is 0 Å². The Bertz CT molecular complexity index is 673. The monoisotopic (exact) mass is 368 g/mol. The van der Waals surface area contributed by atoms with Crippen LogP contribution in [0.2, 0.25) is 0 Å². The predicted octanol–water partition coefficient (Wildman–Crippen LogP) is 3.25. The molecule has 1 N–H and O–H groups in total. The number of benzene rings is 1. The maximum atomic E-state index is 12.7. The molecule has 0 aliphatic rings. The minimum absolute atomic E-state index is 0.00110. The molecule has 1 rings (SSSR count). The minimum Gasteiger partial charge on any atom is -0.448 e. The summed E-state index contributed by atoms with van der Waals surface area (Å²) in [5, 5.41) is 0. The third-order valence-electron chi connectivity index (χ3n) is 2.90. The summed E-state index contributed by atoms with van der Waals surface area (Å²) in [5.74, 6) is -3.06. The average Bonchev–Trinajstić information content (AvgIpc) is 2.34. The van der Waals surface area contributed by atoms with Crippen molar-refractivity contribution < 1.29 is 35.7 Å². The van der Waals surface area contributed by atoms with Gasteiger partial charge in [-0.05, 0) is 29.5 Å². The SMILES string of the molecule is CC(C)(C)Cc1ccc(C(=O)OC(CS(=O)(=O)O)C(F)(F)F)cc1. The zero-order chi connectivity index (χ0) is 18.8. The summed E-state index contributed by atoms with van der Waals surface area (Å²) >= 11 is 0. The molecular formula is C15H19F3O5S. The van der Waals surface area contributed by atoms with Crippen LogP contribution in [-0.2, 0) is 21.3 Å². The molecule has 0 bridgehead atoms. The molecule has 0 radical (unpaired) electrons. The lowest BCUT2D eigenvalue weighted by Crippen LogP contribution is -2.39. The van der Waals surface area contributed by atoms with Gasteiger partial charge in [-0.2, -0.15) is 21.6 Å². The number of carbonyl (C=O) groups is 1. The second kappa shape index (κ2) is 7.10. The molecule has 24 heavy (non-hydrogen) atoms. The van der Waals surface area contributed by atoms with Crippen LogP contribution in [-0.4, -0.2) is 37.0 Å². The molecule has 1 aromatic rings. The van der Waals surface area contributed by atoms with Crippen LogP contribution in [0.25, 0.3) is 0 Å². The van der Waals surface area contributed by atoms with Gasteiger partial charge in [0.25, 0.3) is 10.1 Å². The highest BCUT2D eigenvalue weighted by molar-refractivity contribution is 7.85. The van der Waals surface area contributed by atoms with Gasteiger partial charge in [0.1, 0.15) is 5.75 Å². The fraction of sp³-hybridized carbons (Fsp3) is 0.533. The highest BCUT2D eigenvalue weighted by Crippen LogP contribution is 2.25. The van der Waals surface area contributed by atoms with Gasteiger partial charge in [0, 0.05) is 0 Å². The van der Waals surface area contributed by atoms with Crippen molar-refractivity contribution >= 4 is 16.1 Å². The molecule has 0 aliphatic carbocycles. The van der Waals surface area contributed by atoms with Gasteiger partial charge in [0.15, 0.2) is 0 Å². The van der Waals surface area contributed by atoms with Crippen LogP contribution >= 0.6 is 0 Å². The number of halogens is 3. The van der Waals surface area contributed by atoms with E-state index in [4.69, 9.17) is 4.55 Å². The highest BCUT2D eigenvalue weighted by Gasteiger charge is 2.45. The van der Waals surface area contributed by atoms with Gasteiger partial charge in [-0.15, -0.1) is 0 Å². The molecule has 9 heteroatoms. The van der Waals surface area contributed by atoms with E-state index in [1.165, 1.54) is 12.1 Å². The lowest BCUT2D eigenvalue weighted by atomic mass is 9.88. The van der Waals surface area contributed by atoms with Gasteiger partial charge >= 0.3 is 12.1 Å². The molecule has 0 aliphatic heterocycles. The molecule has 0 fully saturated rings. The summed E-state index contributed by atoms with van der Waals surface area (Å²) < 4.78 is 72.2. The van der Waals surface area contributed by atoms with Gasteiger partial charge in [-0.1, -0.05) is 32.9 Å². The first kappa shape index (κ1) is 20.4. The molecular weight excluding hydrogens is 349 g/mol. The molecule has 1 unspecified atom stereocenters. The zero-order valence-electron chi connectivity index (χ0n) is 13.4. The van der Waals surface area contributed by atoms with E-state index in [1.807, 2.05) is 20.8 Å². The summed E-state index contributed by atoms with van der Waals surface area (Å²) in [4.78, 5) is 11.8.